The molecule has 0 saturated heterocycles. The maximum absolute atomic E-state index is 12.9. The maximum atomic E-state index is 12.9. The average Bonchev–Trinajstić information content (AvgIpc) is 2.37. The highest BCUT2D eigenvalue weighted by Crippen LogP contribution is 2.32. The van der Waals surface area contributed by atoms with E-state index in [4.69, 9.17) is 0 Å². The molecule has 17 heavy (non-hydrogen) atoms. The van der Waals surface area contributed by atoms with Crippen molar-refractivity contribution in [3.63, 3.8) is 0 Å². The SMILES string of the molecule is CCCNC1CCCC(c2ccc(F)cc2)C1. The summed E-state index contributed by atoms with van der Waals surface area (Å²) in [6.45, 7) is 3.31. The third kappa shape index (κ3) is 3.53. The van der Waals surface area contributed by atoms with Gasteiger partial charge in [0.15, 0.2) is 0 Å². The predicted octanol–water partition coefficient (Wildman–Crippen LogP) is 3.85. The van der Waals surface area contributed by atoms with Crippen molar-refractivity contribution in [2.45, 2.75) is 51.0 Å². The van der Waals surface area contributed by atoms with Crippen LogP contribution < -0.4 is 5.32 Å². The van der Waals surface area contributed by atoms with Gasteiger partial charge in [0.05, 0.1) is 0 Å². The Balaban J connectivity index is 1.94. The second-order valence-corrected chi connectivity index (χ2v) is 5.07. The van der Waals surface area contributed by atoms with Gasteiger partial charge in [-0.15, -0.1) is 0 Å². The normalized spacial score (nSPS) is 24.8. The molecule has 1 aliphatic rings. The van der Waals surface area contributed by atoms with E-state index in [2.05, 4.69) is 12.2 Å². The highest BCUT2D eigenvalue weighted by atomic mass is 19.1. The summed E-state index contributed by atoms with van der Waals surface area (Å²) in [5.74, 6) is 0.476. The number of hydrogen-bond donors (Lipinski definition) is 1. The van der Waals surface area contributed by atoms with E-state index in [0.29, 0.717) is 12.0 Å². The largest absolute Gasteiger partial charge is 0.314 e. The van der Waals surface area contributed by atoms with Gasteiger partial charge in [0, 0.05) is 6.04 Å². The third-order valence-corrected chi connectivity index (χ3v) is 3.70. The van der Waals surface area contributed by atoms with Crippen LogP contribution in [0.1, 0.15) is 50.5 Å². The smallest absolute Gasteiger partial charge is 0.123 e. The molecule has 2 heteroatoms. The lowest BCUT2D eigenvalue weighted by Gasteiger charge is -2.30. The molecular weight excluding hydrogens is 213 g/mol. The molecule has 94 valence electrons. The number of benzene rings is 1. The fourth-order valence-corrected chi connectivity index (χ4v) is 2.76. The van der Waals surface area contributed by atoms with Crippen molar-refractivity contribution in [1.82, 2.24) is 5.32 Å². The Labute approximate surface area is 103 Å². The van der Waals surface area contributed by atoms with Gasteiger partial charge in [-0.1, -0.05) is 25.5 Å². The van der Waals surface area contributed by atoms with E-state index in [9.17, 15) is 4.39 Å². The monoisotopic (exact) mass is 235 g/mol. The minimum Gasteiger partial charge on any atom is -0.314 e. The molecule has 0 aromatic heterocycles. The van der Waals surface area contributed by atoms with Crippen molar-refractivity contribution in [3.05, 3.63) is 35.6 Å². The molecule has 0 heterocycles. The van der Waals surface area contributed by atoms with E-state index in [1.54, 1.807) is 12.1 Å². The highest BCUT2D eigenvalue weighted by Gasteiger charge is 2.22. The van der Waals surface area contributed by atoms with Crippen molar-refractivity contribution in [1.29, 1.82) is 0 Å². The topological polar surface area (TPSA) is 12.0 Å². The van der Waals surface area contributed by atoms with Crippen molar-refractivity contribution < 1.29 is 4.39 Å². The molecule has 1 aliphatic carbocycles. The van der Waals surface area contributed by atoms with Crippen LogP contribution in [-0.2, 0) is 0 Å². The minimum absolute atomic E-state index is 0.134. The summed E-state index contributed by atoms with van der Waals surface area (Å²) >= 11 is 0. The fraction of sp³-hybridized carbons (Fsp3) is 0.600. The van der Waals surface area contributed by atoms with Crippen LogP contribution in [0, 0.1) is 5.82 Å². The lowest BCUT2D eigenvalue weighted by Crippen LogP contribution is -2.33. The number of halogens is 1. The van der Waals surface area contributed by atoms with Crippen LogP contribution in [0.15, 0.2) is 24.3 Å². The van der Waals surface area contributed by atoms with Gasteiger partial charge < -0.3 is 5.32 Å². The van der Waals surface area contributed by atoms with E-state index in [1.807, 2.05) is 12.1 Å². The van der Waals surface area contributed by atoms with Crippen molar-refractivity contribution >= 4 is 0 Å². The van der Waals surface area contributed by atoms with Gasteiger partial charge in [0.2, 0.25) is 0 Å². The zero-order valence-corrected chi connectivity index (χ0v) is 10.6. The van der Waals surface area contributed by atoms with E-state index >= 15 is 0 Å². The number of nitrogens with one attached hydrogen (secondary N) is 1. The Hall–Kier alpha value is -0.890. The van der Waals surface area contributed by atoms with Gasteiger partial charge in [0.1, 0.15) is 5.82 Å². The molecule has 0 bridgehead atoms. The van der Waals surface area contributed by atoms with Crippen LogP contribution in [0.25, 0.3) is 0 Å². The average molecular weight is 235 g/mol. The second-order valence-electron chi connectivity index (χ2n) is 5.07. The second kappa shape index (κ2) is 6.15. The zero-order chi connectivity index (χ0) is 12.1. The molecule has 1 N–H and O–H groups in total. The molecule has 2 unspecified atom stereocenters. The molecule has 0 amide bonds. The van der Waals surface area contributed by atoms with E-state index in [1.165, 1.54) is 37.7 Å². The third-order valence-electron chi connectivity index (χ3n) is 3.70. The van der Waals surface area contributed by atoms with Crippen molar-refractivity contribution in [2.75, 3.05) is 6.54 Å². The Morgan fingerprint density at radius 1 is 1.24 bits per heavy atom. The van der Waals surface area contributed by atoms with Crippen LogP contribution >= 0.6 is 0 Å². The van der Waals surface area contributed by atoms with Crippen LogP contribution in [-0.4, -0.2) is 12.6 Å². The first-order valence-corrected chi connectivity index (χ1v) is 6.78. The van der Waals surface area contributed by atoms with Crippen LogP contribution in [0.3, 0.4) is 0 Å². The van der Waals surface area contributed by atoms with E-state index < -0.39 is 0 Å². The van der Waals surface area contributed by atoms with E-state index in [-0.39, 0.29) is 5.82 Å². The summed E-state index contributed by atoms with van der Waals surface area (Å²) in [5, 5.41) is 3.61. The minimum atomic E-state index is -0.134. The zero-order valence-electron chi connectivity index (χ0n) is 10.6. The van der Waals surface area contributed by atoms with Gasteiger partial charge in [-0.3, -0.25) is 0 Å². The molecule has 2 atom stereocenters. The summed E-state index contributed by atoms with van der Waals surface area (Å²) in [6, 6.07) is 7.71. The molecule has 1 aromatic carbocycles. The Morgan fingerprint density at radius 2 is 2.00 bits per heavy atom. The predicted molar refractivity (Wildman–Crippen MR) is 69.7 cm³/mol. The van der Waals surface area contributed by atoms with E-state index in [0.717, 1.165) is 6.54 Å². The summed E-state index contributed by atoms with van der Waals surface area (Å²) in [5.41, 5.74) is 1.30. The lowest BCUT2D eigenvalue weighted by atomic mass is 9.81. The summed E-state index contributed by atoms with van der Waals surface area (Å²) in [4.78, 5) is 0. The van der Waals surface area contributed by atoms with Gasteiger partial charge in [-0.2, -0.15) is 0 Å². The molecule has 1 nitrogen and oxygen atoms in total. The van der Waals surface area contributed by atoms with Crippen LogP contribution in [0.2, 0.25) is 0 Å². The summed E-state index contributed by atoms with van der Waals surface area (Å²) < 4.78 is 12.9. The summed E-state index contributed by atoms with van der Waals surface area (Å²) in [7, 11) is 0. The molecule has 1 aromatic rings. The van der Waals surface area contributed by atoms with Crippen molar-refractivity contribution in [2.24, 2.45) is 0 Å². The Kier molecular flexibility index (Phi) is 4.55. The van der Waals surface area contributed by atoms with Gasteiger partial charge in [0.25, 0.3) is 0 Å². The van der Waals surface area contributed by atoms with Crippen LogP contribution in [0.5, 0.6) is 0 Å². The first kappa shape index (κ1) is 12.6. The Morgan fingerprint density at radius 3 is 2.71 bits per heavy atom. The molecule has 2 rings (SSSR count). The molecule has 0 radical (unpaired) electrons. The first-order chi connectivity index (χ1) is 8.29. The first-order valence-electron chi connectivity index (χ1n) is 6.78. The molecule has 1 saturated carbocycles. The van der Waals surface area contributed by atoms with Gasteiger partial charge in [-0.25, -0.2) is 4.39 Å². The molecule has 1 fully saturated rings. The number of rotatable bonds is 4. The van der Waals surface area contributed by atoms with Crippen LogP contribution in [0.4, 0.5) is 4.39 Å². The van der Waals surface area contributed by atoms with Gasteiger partial charge >= 0.3 is 0 Å². The van der Waals surface area contributed by atoms with Crippen molar-refractivity contribution in [3.8, 4) is 0 Å². The quantitative estimate of drug-likeness (QED) is 0.835. The van der Waals surface area contributed by atoms with Gasteiger partial charge in [-0.05, 0) is 55.8 Å². The highest BCUT2D eigenvalue weighted by molar-refractivity contribution is 5.21. The molecule has 0 spiro atoms. The summed E-state index contributed by atoms with van der Waals surface area (Å²) in [6.07, 6.45) is 6.21. The molecule has 0 aliphatic heterocycles. The fourth-order valence-electron chi connectivity index (χ4n) is 2.76. The standard InChI is InChI=1S/C15H22FN/c1-2-10-17-15-5-3-4-13(11-15)12-6-8-14(16)9-7-12/h6-9,13,15,17H,2-5,10-11H2,1H3. The maximum Gasteiger partial charge on any atom is 0.123 e. The Bertz CT molecular complexity index is 333. The molecular formula is C15H22FN. The lowest BCUT2D eigenvalue weighted by molar-refractivity contribution is 0.340. The number of hydrogen-bond acceptors (Lipinski definition) is 1.